The quantitative estimate of drug-likeness (QED) is 0.500. The Kier molecular flexibility index (Phi) is 8.69. The molecule has 0 saturated heterocycles. The average Bonchev–Trinajstić information content (AvgIpc) is 2.83. The lowest BCUT2D eigenvalue weighted by atomic mass is 9.87. The van der Waals surface area contributed by atoms with Crippen LogP contribution in [-0.2, 0) is 27.6 Å². The maximum atomic E-state index is 13.4. The Morgan fingerprint density at radius 2 is 1.82 bits per heavy atom. The van der Waals surface area contributed by atoms with Crippen molar-refractivity contribution in [1.29, 1.82) is 0 Å². The van der Waals surface area contributed by atoms with Crippen molar-refractivity contribution in [1.82, 2.24) is 4.90 Å². The van der Waals surface area contributed by atoms with Crippen LogP contribution >= 0.6 is 0 Å². The van der Waals surface area contributed by atoms with Gasteiger partial charge in [0.1, 0.15) is 0 Å². The van der Waals surface area contributed by atoms with Crippen LogP contribution in [0.25, 0.3) is 6.08 Å². The summed E-state index contributed by atoms with van der Waals surface area (Å²) in [7, 11) is -2.60. The highest BCUT2D eigenvalue weighted by Crippen LogP contribution is 2.32. The summed E-state index contributed by atoms with van der Waals surface area (Å²) in [5.41, 5.74) is 3.18. The highest BCUT2D eigenvalue weighted by atomic mass is 32.2. The largest absolute Gasteiger partial charge is 0.465 e. The van der Waals surface area contributed by atoms with Gasteiger partial charge >= 0.3 is 5.97 Å². The van der Waals surface area contributed by atoms with Crippen molar-refractivity contribution in [2.24, 2.45) is 0 Å². The Balaban J connectivity index is 1.90. The van der Waals surface area contributed by atoms with Gasteiger partial charge in [0.25, 0.3) is 10.0 Å². The number of methoxy groups -OCH3 is 1. The van der Waals surface area contributed by atoms with Gasteiger partial charge in [0.15, 0.2) is 0 Å². The molecule has 1 aliphatic carbocycles. The summed E-state index contributed by atoms with van der Waals surface area (Å²) in [6, 6.07) is 10.5. The second kappa shape index (κ2) is 11.5. The molecule has 0 saturated carbocycles. The first-order valence-corrected chi connectivity index (χ1v) is 13.1. The lowest BCUT2D eigenvalue weighted by Crippen LogP contribution is -2.23. The van der Waals surface area contributed by atoms with Crippen molar-refractivity contribution in [3.8, 4) is 0 Å². The van der Waals surface area contributed by atoms with Gasteiger partial charge in [-0.1, -0.05) is 50.3 Å². The van der Waals surface area contributed by atoms with Gasteiger partial charge in [0.05, 0.1) is 23.3 Å². The van der Waals surface area contributed by atoms with Crippen LogP contribution in [0.1, 0.15) is 60.2 Å². The number of rotatable bonds is 10. The second-order valence-electron chi connectivity index (χ2n) is 8.19. The number of nitrogens with one attached hydrogen (secondary N) is 1. The number of fused-ring (bicyclic) bond motifs is 1. The number of carbonyl (C=O) groups excluding carboxylic acids is 1. The van der Waals surface area contributed by atoms with E-state index in [9.17, 15) is 13.2 Å². The number of nitrogens with zero attached hydrogens (tertiary/aromatic N) is 1. The van der Waals surface area contributed by atoms with E-state index in [1.54, 1.807) is 24.3 Å². The van der Waals surface area contributed by atoms with Crippen molar-refractivity contribution in [2.45, 2.75) is 50.8 Å². The number of carbonyl (C=O) groups is 1. The summed E-state index contributed by atoms with van der Waals surface area (Å²) < 4.78 is 34.4. The molecule has 2 aromatic carbocycles. The molecule has 2 aromatic rings. The fraction of sp³-hybridized carbons (Fsp3) is 0.423. The maximum Gasteiger partial charge on any atom is 0.340 e. The lowest BCUT2D eigenvalue weighted by molar-refractivity contribution is 0.0600. The minimum atomic E-state index is -3.92. The zero-order valence-corrected chi connectivity index (χ0v) is 20.6. The van der Waals surface area contributed by atoms with Gasteiger partial charge in [-0.15, -0.1) is 0 Å². The molecule has 0 bridgehead atoms. The molecule has 178 valence electrons. The van der Waals surface area contributed by atoms with Crippen LogP contribution in [0.4, 0.5) is 5.69 Å². The van der Waals surface area contributed by atoms with Crippen LogP contribution in [0.5, 0.6) is 0 Å². The molecule has 0 aliphatic heterocycles. The Hall–Kier alpha value is -2.64. The minimum Gasteiger partial charge on any atom is -0.465 e. The van der Waals surface area contributed by atoms with Crippen LogP contribution < -0.4 is 4.72 Å². The third kappa shape index (κ3) is 6.03. The first kappa shape index (κ1) is 25.0. The molecule has 0 amide bonds. The summed E-state index contributed by atoms with van der Waals surface area (Å²) in [5, 5.41) is 0. The SMILES string of the molecule is CCN(CC)CC/C=C\c1ccccc1S(=O)(=O)Nc1ccc2c(c1C(=O)OC)CCCC2. The van der Waals surface area contributed by atoms with E-state index in [0.29, 0.717) is 11.1 Å². The topological polar surface area (TPSA) is 75.7 Å². The van der Waals surface area contributed by atoms with E-state index in [4.69, 9.17) is 4.74 Å². The number of benzene rings is 2. The summed E-state index contributed by atoms with van der Waals surface area (Å²) in [6.45, 7) is 7.16. The average molecular weight is 471 g/mol. The third-order valence-corrected chi connectivity index (χ3v) is 7.62. The van der Waals surface area contributed by atoms with E-state index < -0.39 is 16.0 Å². The van der Waals surface area contributed by atoms with E-state index in [-0.39, 0.29) is 10.6 Å². The molecule has 0 radical (unpaired) electrons. The van der Waals surface area contributed by atoms with Crippen LogP contribution in [0, 0.1) is 0 Å². The maximum absolute atomic E-state index is 13.4. The first-order valence-electron chi connectivity index (χ1n) is 11.6. The van der Waals surface area contributed by atoms with Crippen molar-refractivity contribution >= 4 is 27.8 Å². The smallest absolute Gasteiger partial charge is 0.340 e. The number of anilines is 1. The molecular weight excluding hydrogens is 436 g/mol. The summed E-state index contributed by atoms with van der Waals surface area (Å²) in [4.78, 5) is 15.1. The van der Waals surface area contributed by atoms with Gasteiger partial charge in [0.2, 0.25) is 0 Å². The Labute approximate surface area is 197 Å². The van der Waals surface area contributed by atoms with Gasteiger partial charge in [-0.25, -0.2) is 13.2 Å². The highest BCUT2D eigenvalue weighted by molar-refractivity contribution is 7.92. The zero-order chi connectivity index (χ0) is 23.8. The Morgan fingerprint density at radius 1 is 1.09 bits per heavy atom. The molecule has 6 nitrogen and oxygen atoms in total. The number of aryl methyl sites for hydroxylation is 1. The van der Waals surface area contributed by atoms with Crippen molar-refractivity contribution in [3.05, 3.63) is 64.7 Å². The molecule has 0 atom stereocenters. The molecule has 0 heterocycles. The molecule has 3 rings (SSSR count). The van der Waals surface area contributed by atoms with Crippen molar-refractivity contribution in [3.63, 3.8) is 0 Å². The van der Waals surface area contributed by atoms with Gasteiger partial charge in [-0.2, -0.15) is 0 Å². The molecule has 1 N–H and O–H groups in total. The molecule has 7 heteroatoms. The fourth-order valence-electron chi connectivity index (χ4n) is 4.32. The molecular formula is C26H34N2O4S. The van der Waals surface area contributed by atoms with Gasteiger partial charge < -0.3 is 9.64 Å². The standard InChI is InChI=1S/C26H34N2O4S/c1-4-28(5-2)19-11-10-14-21-13-7-9-16-24(21)33(30,31)27-23-18-17-20-12-6-8-15-22(20)25(23)26(29)32-3/h7,9-10,13-14,16-18,27H,4-6,8,11-12,15,19H2,1-3H3/b14-10-. The van der Waals surface area contributed by atoms with E-state index >= 15 is 0 Å². The van der Waals surface area contributed by atoms with Gasteiger partial charge in [-0.05, 0) is 74.0 Å². The van der Waals surface area contributed by atoms with E-state index in [1.807, 2.05) is 24.3 Å². The Morgan fingerprint density at radius 3 is 2.55 bits per heavy atom. The third-order valence-electron chi connectivity index (χ3n) is 6.18. The number of hydrogen-bond acceptors (Lipinski definition) is 5. The monoisotopic (exact) mass is 470 g/mol. The predicted molar refractivity (Wildman–Crippen MR) is 133 cm³/mol. The molecule has 0 aromatic heterocycles. The summed E-state index contributed by atoms with van der Waals surface area (Å²) in [5.74, 6) is -0.518. The van der Waals surface area contributed by atoms with E-state index in [1.165, 1.54) is 7.11 Å². The molecule has 33 heavy (non-hydrogen) atoms. The van der Waals surface area contributed by atoms with Crippen molar-refractivity contribution in [2.75, 3.05) is 31.5 Å². The zero-order valence-electron chi connectivity index (χ0n) is 19.8. The molecule has 0 unspecified atom stereocenters. The number of sulfonamides is 1. The van der Waals surface area contributed by atoms with E-state index in [2.05, 4.69) is 23.5 Å². The number of esters is 1. The lowest BCUT2D eigenvalue weighted by Gasteiger charge is -2.21. The molecule has 1 aliphatic rings. The highest BCUT2D eigenvalue weighted by Gasteiger charge is 2.26. The minimum absolute atomic E-state index is 0.178. The normalized spacial score (nSPS) is 13.8. The van der Waals surface area contributed by atoms with Gasteiger partial charge in [0, 0.05) is 6.54 Å². The number of ether oxygens (including phenoxy) is 1. The summed E-state index contributed by atoms with van der Waals surface area (Å²) in [6.07, 6.45) is 8.34. The van der Waals surface area contributed by atoms with E-state index in [0.717, 1.165) is 62.9 Å². The fourth-order valence-corrected chi connectivity index (χ4v) is 5.59. The summed E-state index contributed by atoms with van der Waals surface area (Å²) >= 11 is 0. The van der Waals surface area contributed by atoms with Crippen LogP contribution in [0.2, 0.25) is 0 Å². The van der Waals surface area contributed by atoms with Crippen LogP contribution in [-0.4, -0.2) is 46.0 Å². The van der Waals surface area contributed by atoms with Crippen molar-refractivity contribution < 1.29 is 17.9 Å². The van der Waals surface area contributed by atoms with Gasteiger partial charge in [-0.3, -0.25) is 4.72 Å². The van der Waals surface area contributed by atoms with Crippen LogP contribution in [0.15, 0.2) is 47.4 Å². The number of hydrogen-bond donors (Lipinski definition) is 1. The first-order chi connectivity index (χ1) is 15.9. The molecule has 0 fully saturated rings. The second-order valence-corrected chi connectivity index (χ2v) is 9.84. The predicted octanol–water partition coefficient (Wildman–Crippen LogP) is 4.90. The molecule has 0 spiro atoms. The van der Waals surface area contributed by atoms with Crippen LogP contribution in [0.3, 0.4) is 0 Å². The Bertz CT molecular complexity index is 1110.